The van der Waals surface area contributed by atoms with Gasteiger partial charge in [0.25, 0.3) is 0 Å². The van der Waals surface area contributed by atoms with Crippen LogP contribution in [0.15, 0.2) is 0 Å². The van der Waals surface area contributed by atoms with E-state index in [4.69, 9.17) is 4.74 Å². The summed E-state index contributed by atoms with van der Waals surface area (Å²) in [6.07, 6.45) is -0.401. The number of carbonyl (C=O) groups is 3. The molecule has 8 heteroatoms. The van der Waals surface area contributed by atoms with Crippen molar-refractivity contribution in [1.82, 2.24) is 14.7 Å². The summed E-state index contributed by atoms with van der Waals surface area (Å²) in [5.74, 6) is -1.24. The second-order valence-corrected chi connectivity index (χ2v) is 8.41. The molecule has 0 aromatic heterocycles. The average molecular weight is 371 g/mol. The molecule has 1 fully saturated rings. The van der Waals surface area contributed by atoms with Gasteiger partial charge in [0.2, 0.25) is 0 Å². The molecule has 0 aromatic carbocycles. The molecule has 0 aliphatic carbocycles. The largest absolute Gasteiger partial charge is 0.480 e. The zero-order valence-electron chi connectivity index (χ0n) is 17.1. The van der Waals surface area contributed by atoms with Crippen molar-refractivity contribution in [1.29, 1.82) is 0 Å². The van der Waals surface area contributed by atoms with Gasteiger partial charge in [0.15, 0.2) is 0 Å². The predicted molar refractivity (Wildman–Crippen MR) is 98.0 cm³/mol. The van der Waals surface area contributed by atoms with Crippen LogP contribution in [0.1, 0.15) is 48.5 Å². The van der Waals surface area contributed by atoms with E-state index in [1.807, 2.05) is 34.6 Å². The van der Waals surface area contributed by atoms with Gasteiger partial charge < -0.3 is 24.5 Å². The Labute approximate surface area is 156 Å². The number of carboxylic acids is 1. The van der Waals surface area contributed by atoms with Gasteiger partial charge in [-0.15, -0.1) is 0 Å². The molecule has 1 aliphatic heterocycles. The van der Waals surface area contributed by atoms with E-state index in [9.17, 15) is 19.5 Å². The molecule has 0 bridgehead atoms. The van der Waals surface area contributed by atoms with E-state index < -0.39 is 23.7 Å². The Bertz CT molecular complexity index is 531. The van der Waals surface area contributed by atoms with Gasteiger partial charge in [-0.3, -0.25) is 0 Å². The molecule has 1 heterocycles. The highest BCUT2D eigenvalue weighted by atomic mass is 16.6. The maximum atomic E-state index is 12.9. The van der Waals surface area contributed by atoms with Gasteiger partial charge in [0.1, 0.15) is 11.6 Å². The van der Waals surface area contributed by atoms with Crippen LogP contribution in [0.25, 0.3) is 0 Å². The van der Waals surface area contributed by atoms with Crippen molar-refractivity contribution in [3.8, 4) is 0 Å². The summed E-state index contributed by atoms with van der Waals surface area (Å²) < 4.78 is 5.41. The number of aliphatic carboxylic acids is 1. The number of carboxylic acid groups (broad SMARTS) is 1. The molecule has 26 heavy (non-hydrogen) atoms. The lowest BCUT2D eigenvalue weighted by Crippen LogP contribution is -2.63. The Morgan fingerprint density at radius 1 is 1.12 bits per heavy atom. The van der Waals surface area contributed by atoms with E-state index in [1.54, 1.807) is 23.6 Å². The first kappa shape index (κ1) is 22.1. The summed E-state index contributed by atoms with van der Waals surface area (Å²) in [6.45, 7) is 13.4. The van der Waals surface area contributed by atoms with Crippen LogP contribution in [-0.2, 0) is 9.53 Å². The van der Waals surface area contributed by atoms with Crippen molar-refractivity contribution in [3.63, 3.8) is 0 Å². The lowest BCUT2D eigenvalue weighted by Gasteiger charge is -2.46. The minimum absolute atomic E-state index is 0.213. The molecule has 3 amide bonds. The fourth-order valence-electron chi connectivity index (χ4n) is 3.37. The minimum atomic E-state index is -1.02. The van der Waals surface area contributed by atoms with E-state index in [0.29, 0.717) is 13.1 Å². The minimum Gasteiger partial charge on any atom is -0.480 e. The van der Waals surface area contributed by atoms with Crippen molar-refractivity contribution in [2.75, 3.05) is 20.1 Å². The third-order valence-electron chi connectivity index (χ3n) is 4.40. The highest BCUT2D eigenvalue weighted by molar-refractivity contribution is 5.83. The van der Waals surface area contributed by atoms with E-state index in [2.05, 4.69) is 0 Å². The molecular formula is C18H33N3O5. The lowest BCUT2D eigenvalue weighted by molar-refractivity contribution is -0.143. The maximum absolute atomic E-state index is 12.9. The topological polar surface area (TPSA) is 90.4 Å². The maximum Gasteiger partial charge on any atom is 0.410 e. The van der Waals surface area contributed by atoms with E-state index >= 15 is 0 Å². The number of hydrogen-bond acceptors (Lipinski definition) is 4. The monoisotopic (exact) mass is 371 g/mol. The van der Waals surface area contributed by atoms with E-state index in [1.165, 1.54) is 11.9 Å². The fourth-order valence-corrected chi connectivity index (χ4v) is 3.37. The summed E-state index contributed by atoms with van der Waals surface area (Å²) in [5, 5.41) is 9.43. The summed E-state index contributed by atoms with van der Waals surface area (Å²) in [6, 6.07) is -1.73. The molecule has 0 radical (unpaired) electrons. The Kier molecular flexibility index (Phi) is 6.90. The van der Waals surface area contributed by atoms with Crippen LogP contribution in [0, 0.1) is 5.92 Å². The standard InChI is InChI=1S/C18H33N3O5/c1-11(2)14(15(22)23)19(8)16(24)21-12(3)9-20(10-13(21)4)17(25)26-18(5,6)7/h11-14H,9-10H2,1-8H3,(H,22,23)/t12-,13-,14?/m1/s1. The van der Waals surface area contributed by atoms with Crippen molar-refractivity contribution < 1.29 is 24.2 Å². The van der Waals surface area contributed by atoms with Crippen LogP contribution >= 0.6 is 0 Å². The molecule has 0 saturated carbocycles. The molecule has 8 nitrogen and oxygen atoms in total. The van der Waals surface area contributed by atoms with Gasteiger partial charge in [-0.05, 0) is 40.5 Å². The highest BCUT2D eigenvalue weighted by Gasteiger charge is 2.40. The summed E-state index contributed by atoms with van der Waals surface area (Å²) >= 11 is 0. The fraction of sp³-hybridized carbons (Fsp3) is 0.833. The number of likely N-dealkylation sites (N-methyl/N-ethyl adjacent to an activating group) is 1. The number of piperazine rings is 1. The third kappa shape index (κ3) is 5.25. The average Bonchev–Trinajstić information content (AvgIpc) is 2.43. The quantitative estimate of drug-likeness (QED) is 0.823. The number of amides is 3. The third-order valence-corrected chi connectivity index (χ3v) is 4.40. The summed E-state index contributed by atoms with van der Waals surface area (Å²) in [4.78, 5) is 41.3. The molecule has 1 unspecified atom stereocenters. The van der Waals surface area contributed by atoms with Crippen LogP contribution in [0.3, 0.4) is 0 Å². The van der Waals surface area contributed by atoms with Crippen molar-refractivity contribution >= 4 is 18.1 Å². The van der Waals surface area contributed by atoms with Crippen molar-refractivity contribution in [3.05, 3.63) is 0 Å². The van der Waals surface area contributed by atoms with Crippen molar-refractivity contribution in [2.45, 2.75) is 72.2 Å². The molecule has 0 spiro atoms. The van der Waals surface area contributed by atoms with Gasteiger partial charge in [-0.25, -0.2) is 14.4 Å². The van der Waals surface area contributed by atoms with Crippen molar-refractivity contribution in [2.24, 2.45) is 5.92 Å². The van der Waals surface area contributed by atoms with Crippen LogP contribution in [0.4, 0.5) is 9.59 Å². The Hall–Kier alpha value is -1.99. The van der Waals surface area contributed by atoms with Gasteiger partial charge in [-0.2, -0.15) is 0 Å². The normalized spacial score (nSPS) is 22.2. The van der Waals surface area contributed by atoms with Crippen LogP contribution in [0.2, 0.25) is 0 Å². The van der Waals surface area contributed by atoms with Crippen LogP contribution in [0.5, 0.6) is 0 Å². The highest BCUT2D eigenvalue weighted by Crippen LogP contribution is 2.22. The molecule has 1 saturated heterocycles. The molecule has 150 valence electrons. The molecular weight excluding hydrogens is 338 g/mol. The molecule has 1 aliphatic rings. The Morgan fingerprint density at radius 3 is 1.92 bits per heavy atom. The summed E-state index contributed by atoms with van der Waals surface area (Å²) in [7, 11) is 1.51. The number of hydrogen-bond donors (Lipinski definition) is 1. The Morgan fingerprint density at radius 2 is 1.58 bits per heavy atom. The number of carbonyl (C=O) groups excluding carboxylic acids is 2. The molecule has 1 N–H and O–H groups in total. The van der Waals surface area contributed by atoms with E-state index in [0.717, 1.165) is 0 Å². The molecule has 3 atom stereocenters. The second kappa shape index (κ2) is 8.14. The number of urea groups is 1. The number of ether oxygens (including phenoxy) is 1. The van der Waals surface area contributed by atoms with Crippen LogP contribution in [-0.4, -0.2) is 81.8 Å². The smallest absolute Gasteiger partial charge is 0.410 e. The Balaban J connectivity index is 2.89. The second-order valence-electron chi connectivity index (χ2n) is 8.41. The van der Waals surface area contributed by atoms with Gasteiger partial charge >= 0.3 is 18.1 Å². The van der Waals surface area contributed by atoms with Gasteiger partial charge in [0, 0.05) is 32.2 Å². The first-order valence-corrected chi connectivity index (χ1v) is 9.02. The molecule has 0 aromatic rings. The lowest BCUT2D eigenvalue weighted by atomic mass is 10.0. The van der Waals surface area contributed by atoms with Gasteiger partial charge in [0.05, 0.1) is 0 Å². The number of rotatable bonds is 3. The number of nitrogens with zero attached hydrogens (tertiary/aromatic N) is 3. The predicted octanol–water partition coefficient (Wildman–Crippen LogP) is 2.48. The molecule has 1 rings (SSSR count). The first-order valence-electron chi connectivity index (χ1n) is 9.02. The SMILES string of the molecule is CC(C)C(C(=O)O)N(C)C(=O)N1[C@H](C)CN(C(=O)OC(C)(C)C)C[C@H]1C. The zero-order chi connectivity index (χ0) is 20.4. The van der Waals surface area contributed by atoms with E-state index in [-0.39, 0.29) is 24.0 Å². The summed E-state index contributed by atoms with van der Waals surface area (Å²) in [5.41, 5.74) is -0.581. The zero-order valence-corrected chi connectivity index (χ0v) is 17.1. The van der Waals surface area contributed by atoms with Crippen LogP contribution < -0.4 is 0 Å². The van der Waals surface area contributed by atoms with Gasteiger partial charge in [-0.1, -0.05) is 13.8 Å². The first-order chi connectivity index (χ1) is 11.8.